The molecule has 4 heteroatoms. The lowest BCUT2D eigenvalue weighted by atomic mass is 10.4. The third kappa shape index (κ3) is 1.84. The van der Waals surface area contributed by atoms with Gasteiger partial charge in [-0.3, -0.25) is 4.79 Å². The van der Waals surface area contributed by atoms with Gasteiger partial charge in [-0.15, -0.1) is 0 Å². The monoisotopic (exact) mass is 165 g/mol. The number of hydrogen-bond acceptors (Lipinski definition) is 3. The molecule has 0 aromatic carbocycles. The molecule has 4 nitrogen and oxygen atoms in total. The second-order valence-corrected chi connectivity index (χ2v) is 3.12. The van der Waals surface area contributed by atoms with E-state index in [2.05, 4.69) is 15.3 Å². The second kappa shape index (κ2) is 2.97. The second-order valence-electron chi connectivity index (χ2n) is 3.12. The fourth-order valence-electron chi connectivity index (χ4n) is 1.04. The van der Waals surface area contributed by atoms with Crippen molar-refractivity contribution < 1.29 is 0 Å². The molecule has 64 valence electrons. The Kier molecular flexibility index (Phi) is 1.81. The first kappa shape index (κ1) is 7.34. The molecule has 2 N–H and O–H groups in total. The number of aromatic amines is 1. The van der Waals surface area contributed by atoms with Crippen molar-refractivity contribution in [3.63, 3.8) is 0 Å². The third-order valence-electron chi connectivity index (χ3n) is 1.95. The van der Waals surface area contributed by atoms with Gasteiger partial charge in [0.25, 0.3) is 5.56 Å². The molecular formula is C8H11N3O. The van der Waals surface area contributed by atoms with E-state index in [0.717, 1.165) is 12.5 Å². The Labute approximate surface area is 70.0 Å². The van der Waals surface area contributed by atoms with E-state index in [1.54, 1.807) is 0 Å². The molecule has 1 aromatic heterocycles. The zero-order chi connectivity index (χ0) is 8.39. The first-order valence-corrected chi connectivity index (χ1v) is 4.13. The predicted molar refractivity (Wildman–Crippen MR) is 46.1 cm³/mol. The first-order chi connectivity index (χ1) is 5.84. The molecule has 1 aromatic rings. The Morgan fingerprint density at radius 3 is 3.17 bits per heavy atom. The van der Waals surface area contributed by atoms with Gasteiger partial charge >= 0.3 is 0 Å². The quantitative estimate of drug-likeness (QED) is 0.689. The molecule has 0 atom stereocenters. The van der Waals surface area contributed by atoms with Crippen LogP contribution in [0, 0.1) is 5.92 Å². The van der Waals surface area contributed by atoms with E-state index in [1.807, 2.05) is 0 Å². The summed E-state index contributed by atoms with van der Waals surface area (Å²) in [5, 5.41) is 3.12. The maximum Gasteiger partial charge on any atom is 0.252 e. The predicted octanol–water partition coefficient (Wildman–Crippen LogP) is 0.592. The number of nitrogens with zero attached hydrogens (tertiary/aromatic N) is 1. The van der Waals surface area contributed by atoms with Crippen LogP contribution in [0.4, 0.5) is 5.82 Å². The molecule has 1 heterocycles. The van der Waals surface area contributed by atoms with E-state index >= 15 is 0 Å². The number of hydrogen-bond donors (Lipinski definition) is 2. The molecule has 1 aliphatic rings. The highest BCUT2D eigenvalue weighted by Gasteiger charge is 2.20. The number of H-pyrrole nitrogens is 1. The standard InChI is InChI=1S/C8H11N3O/c12-8-3-7(10-5-11-8)9-4-6-1-2-6/h3,5-6H,1-2,4H2,(H2,9,10,11,12). The average molecular weight is 165 g/mol. The van der Waals surface area contributed by atoms with Gasteiger partial charge in [-0.1, -0.05) is 0 Å². The van der Waals surface area contributed by atoms with E-state index in [4.69, 9.17) is 0 Å². The van der Waals surface area contributed by atoms with Gasteiger partial charge in [0.1, 0.15) is 5.82 Å². The smallest absolute Gasteiger partial charge is 0.252 e. The summed E-state index contributed by atoms with van der Waals surface area (Å²) < 4.78 is 0. The summed E-state index contributed by atoms with van der Waals surface area (Å²) in [5.74, 6) is 1.47. The van der Waals surface area contributed by atoms with Crippen LogP contribution in [-0.2, 0) is 0 Å². The van der Waals surface area contributed by atoms with E-state index in [1.165, 1.54) is 25.2 Å². The van der Waals surface area contributed by atoms with E-state index in [-0.39, 0.29) is 5.56 Å². The van der Waals surface area contributed by atoms with Gasteiger partial charge in [0.2, 0.25) is 0 Å². The lowest BCUT2D eigenvalue weighted by molar-refractivity contribution is 0.880. The molecule has 0 amide bonds. The molecule has 0 bridgehead atoms. The number of aromatic nitrogens is 2. The van der Waals surface area contributed by atoms with E-state index in [9.17, 15) is 4.79 Å². The highest BCUT2D eigenvalue weighted by atomic mass is 16.1. The first-order valence-electron chi connectivity index (χ1n) is 4.13. The minimum absolute atomic E-state index is 0.108. The molecule has 12 heavy (non-hydrogen) atoms. The topological polar surface area (TPSA) is 57.8 Å². The van der Waals surface area contributed by atoms with Crippen molar-refractivity contribution in [2.45, 2.75) is 12.8 Å². The van der Waals surface area contributed by atoms with Crippen molar-refractivity contribution in [2.75, 3.05) is 11.9 Å². The van der Waals surface area contributed by atoms with Crippen LogP contribution in [-0.4, -0.2) is 16.5 Å². The Morgan fingerprint density at radius 2 is 2.50 bits per heavy atom. The fraction of sp³-hybridized carbons (Fsp3) is 0.500. The van der Waals surface area contributed by atoms with Crippen LogP contribution in [0.25, 0.3) is 0 Å². The molecule has 0 unspecified atom stereocenters. The summed E-state index contributed by atoms with van der Waals surface area (Å²) in [5.41, 5.74) is -0.108. The van der Waals surface area contributed by atoms with Crippen LogP contribution in [0.1, 0.15) is 12.8 Å². The lowest BCUT2D eigenvalue weighted by Crippen LogP contribution is -2.10. The SMILES string of the molecule is O=c1cc(NCC2CC2)nc[nH]1. The van der Waals surface area contributed by atoms with Crippen LogP contribution >= 0.6 is 0 Å². The zero-order valence-corrected chi connectivity index (χ0v) is 6.71. The number of anilines is 1. The van der Waals surface area contributed by atoms with Crippen molar-refractivity contribution in [1.29, 1.82) is 0 Å². The third-order valence-corrected chi connectivity index (χ3v) is 1.95. The van der Waals surface area contributed by atoms with Crippen LogP contribution in [0.2, 0.25) is 0 Å². The Morgan fingerprint density at radius 1 is 1.67 bits per heavy atom. The average Bonchev–Trinajstić information content (AvgIpc) is 2.84. The Balaban J connectivity index is 1.97. The minimum atomic E-state index is -0.108. The molecule has 0 radical (unpaired) electrons. The van der Waals surface area contributed by atoms with Gasteiger partial charge in [-0.2, -0.15) is 0 Å². The molecule has 0 saturated heterocycles. The van der Waals surface area contributed by atoms with Gasteiger partial charge in [0, 0.05) is 12.6 Å². The maximum absolute atomic E-state index is 10.8. The van der Waals surface area contributed by atoms with Gasteiger partial charge in [0.15, 0.2) is 0 Å². The van der Waals surface area contributed by atoms with Crippen LogP contribution in [0.15, 0.2) is 17.2 Å². The molecular weight excluding hydrogens is 154 g/mol. The van der Waals surface area contributed by atoms with Crippen molar-refractivity contribution >= 4 is 5.82 Å². The number of rotatable bonds is 3. The normalized spacial score (nSPS) is 16.0. The minimum Gasteiger partial charge on any atom is -0.370 e. The van der Waals surface area contributed by atoms with Crippen molar-refractivity contribution in [3.8, 4) is 0 Å². The van der Waals surface area contributed by atoms with Crippen LogP contribution in [0.3, 0.4) is 0 Å². The summed E-state index contributed by atoms with van der Waals surface area (Å²) in [6.07, 6.45) is 4.02. The lowest BCUT2D eigenvalue weighted by Gasteiger charge is -2.01. The zero-order valence-electron chi connectivity index (χ0n) is 6.71. The summed E-state index contributed by atoms with van der Waals surface area (Å²) in [7, 11) is 0. The van der Waals surface area contributed by atoms with E-state index in [0.29, 0.717) is 5.82 Å². The Bertz CT molecular complexity index is 316. The van der Waals surface area contributed by atoms with Crippen molar-refractivity contribution in [2.24, 2.45) is 5.92 Å². The van der Waals surface area contributed by atoms with Crippen LogP contribution < -0.4 is 10.9 Å². The molecule has 1 saturated carbocycles. The summed E-state index contributed by atoms with van der Waals surface area (Å²) in [6, 6.07) is 1.47. The van der Waals surface area contributed by atoms with Gasteiger partial charge < -0.3 is 10.3 Å². The van der Waals surface area contributed by atoms with Gasteiger partial charge in [0.05, 0.1) is 6.33 Å². The molecule has 0 spiro atoms. The molecule has 0 aliphatic heterocycles. The van der Waals surface area contributed by atoms with E-state index < -0.39 is 0 Å². The molecule has 1 aliphatic carbocycles. The fourth-order valence-corrected chi connectivity index (χ4v) is 1.04. The number of nitrogens with one attached hydrogen (secondary N) is 2. The molecule has 1 fully saturated rings. The van der Waals surface area contributed by atoms with Gasteiger partial charge in [-0.05, 0) is 18.8 Å². The van der Waals surface area contributed by atoms with Crippen molar-refractivity contribution in [1.82, 2.24) is 9.97 Å². The van der Waals surface area contributed by atoms with Crippen molar-refractivity contribution in [3.05, 3.63) is 22.7 Å². The maximum atomic E-state index is 10.8. The highest BCUT2D eigenvalue weighted by molar-refractivity contribution is 5.31. The summed E-state index contributed by atoms with van der Waals surface area (Å²) in [4.78, 5) is 17.3. The Hall–Kier alpha value is -1.32. The van der Waals surface area contributed by atoms with Gasteiger partial charge in [-0.25, -0.2) is 4.98 Å². The largest absolute Gasteiger partial charge is 0.370 e. The highest BCUT2D eigenvalue weighted by Crippen LogP contribution is 2.28. The summed E-state index contributed by atoms with van der Waals surface area (Å²) >= 11 is 0. The summed E-state index contributed by atoms with van der Waals surface area (Å²) in [6.45, 7) is 0.941. The van der Waals surface area contributed by atoms with Crippen LogP contribution in [0.5, 0.6) is 0 Å². The molecule has 2 rings (SSSR count).